The van der Waals surface area contributed by atoms with E-state index < -0.39 is 53.4 Å². The summed E-state index contributed by atoms with van der Waals surface area (Å²) in [6.45, 7) is 7.46. The summed E-state index contributed by atoms with van der Waals surface area (Å²) in [7, 11) is -7.71. The summed E-state index contributed by atoms with van der Waals surface area (Å²) in [6.07, 6.45) is 6.48. The van der Waals surface area contributed by atoms with Gasteiger partial charge in [0.1, 0.15) is 11.8 Å². The Morgan fingerprint density at radius 1 is 1.00 bits per heavy atom. The lowest BCUT2D eigenvalue weighted by Gasteiger charge is -2.37. The van der Waals surface area contributed by atoms with Gasteiger partial charge in [-0.3, -0.25) is 14.2 Å². The molecule has 3 aromatic rings. The maximum atomic E-state index is 14.4. The number of sulfone groups is 1. The zero-order valence-electron chi connectivity index (χ0n) is 31.4. The van der Waals surface area contributed by atoms with Crippen molar-refractivity contribution in [1.82, 2.24) is 10.6 Å². The number of carbonyl (C=O) groups is 2. The minimum absolute atomic E-state index is 0.0120. The Hall–Kier alpha value is -3.35. The minimum atomic E-state index is -3.92. The minimum Gasteiger partial charge on any atom is -0.483 e. The highest BCUT2D eigenvalue weighted by molar-refractivity contribution is 7.98. The number of benzene rings is 3. The molecular weight excluding hydrogens is 734 g/mol. The van der Waals surface area contributed by atoms with E-state index >= 15 is 0 Å². The smallest absolute Gasteiger partial charge is 0.330 e. The van der Waals surface area contributed by atoms with Crippen LogP contribution in [0.25, 0.3) is 0 Å². The number of thioether (sulfide) groups is 1. The molecule has 0 bridgehead atoms. The number of rotatable bonds is 19. The first-order valence-electron chi connectivity index (χ1n) is 18.3. The van der Waals surface area contributed by atoms with Gasteiger partial charge >= 0.3 is 7.60 Å². The molecule has 11 nitrogen and oxygen atoms in total. The zero-order valence-corrected chi connectivity index (χ0v) is 33.9. The number of ether oxygens (including phenoxy) is 1. The van der Waals surface area contributed by atoms with Crippen LogP contribution in [0.15, 0.2) is 82.6 Å². The average Bonchev–Trinajstić information content (AvgIpc) is 3.22. The van der Waals surface area contributed by atoms with Gasteiger partial charge in [0.15, 0.2) is 16.4 Å². The zero-order chi connectivity index (χ0) is 38.6. The Bertz CT molecular complexity index is 1820. The second-order valence-corrected chi connectivity index (χ2v) is 18.6. The molecule has 290 valence electrons. The number of unbranched alkanes of at least 4 members (excludes halogenated alkanes) is 2. The van der Waals surface area contributed by atoms with Crippen LogP contribution >= 0.6 is 19.4 Å². The number of hydrogen-bond acceptors (Lipinski definition) is 9. The number of carbonyl (C=O) groups excluding carboxylic acids is 2. The van der Waals surface area contributed by atoms with Gasteiger partial charge in [-0.15, -0.1) is 11.8 Å². The van der Waals surface area contributed by atoms with Gasteiger partial charge in [0, 0.05) is 30.3 Å². The predicted octanol–water partition coefficient (Wildman–Crippen LogP) is 7.66. The largest absolute Gasteiger partial charge is 0.483 e. The summed E-state index contributed by atoms with van der Waals surface area (Å²) in [6, 6.07) is 20.7. The summed E-state index contributed by atoms with van der Waals surface area (Å²) in [5.74, 6) is -0.926. The van der Waals surface area contributed by atoms with Crippen molar-refractivity contribution in [1.29, 1.82) is 0 Å². The monoisotopic (exact) mass is 787 g/mol. The fourth-order valence-corrected chi connectivity index (χ4v) is 10.5. The molecule has 1 unspecified atom stereocenters. The van der Waals surface area contributed by atoms with Crippen molar-refractivity contribution in [3.05, 3.63) is 78.4 Å². The molecule has 3 aromatic carbocycles. The molecule has 0 fully saturated rings. The van der Waals surface area contributed by atoms with Gasteiger partial charge in [-0.25, -0.2) is 8.42 Å². The van der Waals surface area contributed by atoms with E-state index in [4.69, 9.17) is 9.26 Å². The standard InChI is InChI=1S/C39H54N3O8PS2/c1-6-8-20-39(21-9-7-2)27-42(31-18-14-11-15-19-31)32-24-34(52-5)33(25-35(32)53(47,48)28-39)49-26-36(43)41-37(30-16-12-10-13-17-30)38(44)40-22-23-51(45,46)50-29(3)4/h10-19,24-25,29,37H,6-9,20-23,26-28H2,1-5H3,(H,40,44)(H,41,43)(H,45,46)/t37-/m1/s1. The van der Waals surface area contributed by atoms with Crippen molar-refractivity contribution in [3.63, 3.8) is 0 Å². The van der Waals surface area contributed by atoms with E-state index in [0.717, 1.165) is 44.2 Å². The van der Waals surface area contributed by atoms with Crippen molar-refractivity contribution < 1.29 is 36.7 Å². The van der Waals surface area contributed by atoms with Crippen LogP contribution in [0.2, 0.25) is 0 Å². The second-order valence-electron chi connectivity index (χ2n) is 13.9. The molecule has 3 N–H and O–H groups in total. The highest BCUT2D eigenvalue weighted by Crippen LogP contribution is 2.48. The maximum absolute atomic E-state index is 14.4. The molecule has 0 radical (unpaired) electrons. The van der Waals surface area contributed by atoms with Gasteiger partial charge in [0.25, 0.3) is 5.91 Å². The summed E-state index contributed by atoms with van der Waals surface area (Å²) in [4.78, 5) is 39.7. The Balaban J connectivity index is 1.61. The van der Waals surface area contributed by atoms with Crippen molar-refractivity contribution in [2.45, 2.75) is 88.2 Å². The molecule has 1 aliphatic rings. The quantitative estimate of drug-likeness (QED) is 0.0816. The van der Waals surface area contributed by atoms with Crippen LogP contribution in [0, 0.1) is 5.41 Å². The van der Waals surface area contributed by atoms with Crippen LogP contribution in [0.5, 0.6) is 5.75 Å². The van der Waals surface area contributed by atoms with Crippen molar-refractivity contribution in [3.8, 4) is 5.75 Å². The fraction of sp³-hybridized carbons (Fsp3) is 0.487. The van der Waals surface area contributed by atoms with Crippen LogP contribution in [-0.4, -0.2) is 69.1 Å². The number of amides is 2. The van der Waals surface area contributed by atoms with Crippen LogP contribution in [0.3, 0.4) is 0 Å². The first kappa shape index (κ1) is 42.4. The third-order valence-corrected chi connectivity index (χ3v) is 13.5. The Morgan fingerprint density at radius 3 is 2.21 bits per heavy atom. The lowest BCUT2D eigenvalue weighted by molar-refractivity contribution is -0.130. The third kappa shape index (κ3) is 11.8. The summed E-state index contributed by atoms with van der Waals surface area (Å²) < 4.78 is 52.3. The molecule has 1 heterocycles. The van der Waals surface area contributed by atoms with Crippen LogP contribution in [0.4, 0.5) is 11.4 Å². The number of anilines is 2. The molecule has 0 aromatic heterocycles. The molecule has 2 amide bonds. The molecule has 1 aliphatic heterocycles. The number of nitrogens with one attached hydrogen (secondary N) is 2. The molecule has 0 saturated carbocycles. The van der Waals surface area contributed by atoms with Crippen molar-refractivity contribution >= 4 is 52.4 Å². The van der Waals surface area contributed by atoms with Crippen LogP contribution < -0.4 is 20.3 Å². The molecular formula is C39H54N3O8PS2. The lowest BCUT2D eigenvalue weighted by atomic mass is 9.79. The van der Waals surface area contributed by atoms with E-state index in [1.165, 1.54) is 11.8 Å². The van der Waals surface area contributed by atoms with E-state index in [1.807, 2.05) is 42.7 Å². The van der Waals surface area contributed by atoms with Gasteiger partial charge in [0.05, 0.1) is 33.5 Å². The third-order valence-electron chi connectivity index (χ3n) is 9.18. The Labute approximate surface area is 319 Å². The first-order chi connectivity index (χ1) is 25.2. The molecule has 0 saturated heterocycles. The van der Waals surface area contributed by atoms with Crippen molar-refractivity contribution in [2.24, 2.45) is 5.41 Å². The molecule has 0 spiro atoms. The average molecular weight is 788 g/mol. The highest BCUT2D eigenvalue weighted by Gasteiger charge is 2.42. The summed E-state index contributed by atoms with van der Waals surface area (Å²) in [5.41, 5.74) is 1.53. The number of nitrogens with zero attached hydrogens (tertiary/aromatic N) is 1. The van der Waals surface area contributed by atoms with Gasteiger partial charge < -0.3 is 29.7 Å². The first-order valence-corrected chi connectivity index (χ1v) is 22.9. The highest BCUT2D eigenvalue weighted by atomic mass is 32.2. The van der Waals surface area contributed by atoms with Crippen LogP contribution in [0.1, 0.15) is 77.8 Å². The van der Waals surface area contributed by atoms with Crippen molar-refractivity contribution in [2.75, 3.05) is 42.8 Å². The molecule has 4 rings (SSSR count). The van der Waals surface area contributed by atoms with Gasteiger partial charge in [-0.2, -0.15) is 0 Å². The summed E-state index contributed by atoms with van der Waals surface area (Å²) >= 11 is 1.39. The molecule has 0 aliphatic carbocycles. The molecule has 14 heteroatoms. The SMILES string of the molecule is CCCCC1(CCCC)CN(c2ccccc2)c2cc(SC)c(OCC(=O)N[C@@H](C(=O)NCCP(=O)(O)OC(C)C)c3ccccc3)cc2S(=O)(=O)C1. The second kappa shape index (κ2) is 19.3. The maximum Gasteiger partial charge on any atom is 0.330 e. The normalized spacial score (nSPS) is 16.5. The summed E-state index contributed by atoms with van der Waals surface area (Å²) in [5, 5.41) is 5.34. The number of hydrogen-bond donors (Lipinski definition) is 3. The van der Waals surface area contributed by atoms with Gasteiger partial charge in [0.2, 0.25) is 5.91 Å². The molecule has 53 heavy (non-hydrogen) atoms. The van der Waals surface area contributed by atoms with E-state index in [0.29, 0.717) is 22.7 Å². The Morgan fingerprint density at radius 2 is 1.62 bits per heavy atom. The topological polar surface area (TPSA) is 151 Å². The number of para-hydroxylation sites is 1. The van der Waals surface area contributed by atoms with E-state index in [9.17, 15) is 27.5 Å². The Kier molecular flexibility index (Phi) is 15.4. The number of fused-ring (bicyclic) bond motifs is 1. The fourth-order valence-electron chi connectivity index (χ4n) is 6.68. The van der Waals surface area contributed by atoms with Gasteiger partial charge in [-0.05, 0) is 56.7 Å². The van der Waals surface area contributed by atoms with Gasteiger partial charge in [-0.1, -0.05) is 88.1 Å². The van der Waals surface area contributed by atoms with Crippen LogP contribution in [-0.2, 0) is 28.5 Å². The van der Waals surface area contributed by atoms with E-state index in [-0.39, 0.29) is 29.1 Å². The molecule has 2 atom stereocenters. The van der Waals surface area contributed by atoms with E-state index in [2.05, 4.69) is 29.4 Å². The predicted molar refractivity (Wildman–Crippen MR) is 212 cm³/mol. The van der Waals surface area contributed by atoms with E-state index in [1.54, 1.807) is 50.2 Å². The lowest BCUT2D eigenvalue weighted by Crippen LogP contribution is -2.42.